The number of hydrogen-bond donors (Lipinski definition) is 2. The molecule has 0 atom stereocenters. The van der Waals surface area contributed by atoms with Gasteiger partial charge in [-0.1, -0.05) is 66.7 Å². The van der Waals surface area contributed by atoms with E-state index in [-0.39, 0.29) is 5.11 Å². The molecule has 0 saturated carbocycles. The molecule has 0 bridgehead atoms. The molecule has 0 aliphatic carbocycles. The van der Waals surface area contributed by atoms with Crippen molar-refractivity contribution in [3.8, 4) is 0 Å². The van der Waals surface area contributed by atoms with Gasteiger partial charge in [-0.3, -0.25) is 5.43 Å². The van der Waals surface area contributed by atoms with Crippen LogP contribution in [-0.4, -0.2) is 11.3 Å². The Balaban J connectivity index is 2.00. The van der Waals surface area contributed by atoms with E-state index in [0.717, 1.165) is 10.9 Å². The van der Waals surface area contributed by atoms with Crippen LogP contribution in [0.4, 0.5) is 0 Å². The van der Waals surface area contributed by atoms with Crippen LogP contribution < -0.4 is 11.2 Å². The molecule has 5 aromatic rings. The van der Waals surface area contributed by atoms with Crippen molar-refractivity contribution in [2.24, 2.45) is 10.8 Å². The lowest BCUT2D eigenvalue weighted by molar-refractivity contribution is 1.04. The highest BCUT2D eigenvalue weighted by Crippen LogP contribution is 2.40. The Labute approximate surface area is 155 Å². The van der Waals surface area contributed by atoms with Crippen LogP contribution in [0.1, 0.15) is 5.56 Å². The van der Waals surface area contributed by atoms with E-state index in [0.29, 0.717) is 0 Å². The van der Waals surface area contributed by atoms with Crippen LogP contribution in [0.15, 0.2) is 71.8 Å². The molecule has 0 radical (unpaired) electrons. The first-order valence-electron chi connectivity index (χ1n) is 8.41. The summed E-state index contributed by atoms with van der Waals surface area (Å²) >= 11 is 4.86. The molecule has 0 fully saturated rings. The molecule has 0 saturated heterocycles. The summed E-state index contributed by atoms with van der Waals surface area (Å²) in [5, 5.41) is 14.3. The molecule has 3 nitrogen and oxygen atoms in total. The smallest absolute Gasteiger partial charge is 0.184 e. The van der Waals surface area contributed by atoms with E-state index in [1.54, 1.807) is 0 Å². The van der Waals surface area contributed by atoms with Crippen LogP contribution in [-0.2, 0) is 0 Å². The van der Waals surface area contributed by atoms with Gasteiger partial charge in [0.2, 0.25) is 0 Å². The van der Waals surface area contributed by atoms with Crippen LogP contribution in [0.3, 0.4) is 0 Å². The predicted molar refractivity (Wildman–Crippen MR) is 115 cm³/mol. The number of nitrogens with zero attached hydrogens (tertiary/aromatic N) is 1. The van der Waals surface area contributed by atoms with Gasteiger partial charge in [-0.15, -0.1) is 0 Å². The van der Waals surface area contributed by atoms with Gasteiger partial charge < -0.3 is 5.73 Å². The van der Waals surface area contributed by atoms with Crippen molar-refractivity contribution in [1.82, 2.24) is 5.43 Å². The zero-order valence-electron chi connectivity index (χ0n) is 13.9. The van der Waals surface area contributed by atoms with Crippen molar-refractivity contribution in [2.75, 3.05) is 0 Å². The third-order valence-corrected chi connectivity index (χ3v) is 5.03. The van der Waals surface area contributed by atoms with Crippen molar-refractivity contribution < 1.29 is 0 Å². The van der Waals surface area contributed by atoms with E-state index in [4.69, 9.17) is 18.0 Å². The van der Waals surface area contributed by atoms with Crippen molar-refractivity contribution >= 4 is 66.6 Å². The van der Waals surface area contributed by atoms with E-state index in [9.17, 15) is 0 Å². The maximum atomic E-state index is 5.51. The van der Waals surface area contributed by atoms with Gasteiger partial charge in [0, 0.05) is 5.56 Å². The van der Waals surface area contributed by atoms with Gasteiger partial charge in [-0.25, -0.2) is 0 Å². The summed E-state index contributed by atoms with van der Waals surface area (Å²) < 4.78 is 0. The zero-order chi connectivity index (χ0) is 17.7. The molecule has 0 aromatic heterocycles. The first-order chi connectivity index (χ1) is 12.7. The number of thiocarbonyl (C=S) groups is 1. The molecule has 0 amide bonds. The second-order valence-corrected chi connectivity index (χ2v) is 6.81. The Bertz CT molecular complexity index is 1320. The molecule has 3 N–H and O–H groups in total. The molecule has 5 aromatic carbocycles. The molecule has 26 heavy (non-hydrogen) atoms. The van der Waals surface area contributed by atoms with Gasteiger partial charge in [0.05, 0.1) is 6.21 Å². The average molecular weight is 353 g/mol. The van der Waals surface area contributed by atoms with Crippen LogP contribution in [0.2, 0.25) is 0 Å². The van der Waals surface area contributed by atoms with E-state index >= 15 is 0 Å². The topological polar surface area (TPSA) is 50.4 Å². The normalized spacial score (nSPS) is 12.0. The number of nitrogens with two attached hydrogens (primary N) is 1. The summed E-state index contributed by atoms with van der Waals surface area (Å²) in [5.74, 6) is 0. The van der Waals surface area contributed by atoms with Crippen molar-refractivity contribution in [3.05, 3.63) is 72.3 Å². The minimum atomic E-state index is 0.156. The monoisotopic (exact) mass is 353 g/mol. The maximum absolute atomic E-state index is 5.51. The lowest BCUT2D eigenvalue weighted by Crippen LogP contribution is -2.24. The van der Waals surface area contributed by atoms with Gasteiger partial charge in [0.25, 0.3) is 0 Å². The molecule has 5 rings (SSSR count). The standard InChI is InChI=1S/C22H15N3S/c23-22(26)25-24-12-19-16-7-2-1-6-15(16)17-10-8-13-4-3-5-14-9-11-18(19)21(17)20(13)14/h1-12H,(H3,23,25,26)/b24-12+. The molecule has 0 spiro atoms. The highest BCUT2D eigenvalue weighted by molar-refractivity contribution is 7.80. The van der Waals surface area contributed by atoms with Crippen LogP contribution in [0.5, 0.6) is 0 Å². The predicted octanol–water partition coefficient (Wildman–Crippen LogP) is 4.90. The average Bonchev–Trinajstić information content (AvgIpc) is 2.67. The molecule has 0 aliphatic heterocycles. The van der Waals surface area contributed by atoms with E-state index < -0.39 is 0 Å². The number of nitrogens with one attached hydrogen (secondary N) is 1. The van der Waals surface area contributed by atoms with Gasteiger partial charge in [0.1, 0.15) is 0 Å². The highest BCUT2D eigenvalue weighted by Gasteiger charge is 2.14. The Morgan fingerprint density at radius 1 is 0.769 bits per heavy atom. The third-order valence-electron chi connectivity index (χ3n) is 4.94. The summed E-state index contributed by atoms with van der Waals surface area (Å²) in [7, 11) is 0. The van der Waals surface area contributed by atoms with Gasteiger partial charge in [-0.2, -0.15) is 5.10 Å². The van der Waals surface area contributed by atoms with Crippen molar-refractivity contribution in [3.63, 3.8) is 0 Å². The van der Waals surface area contributed by atoms with Gasteiger partial charge >= 0.3 is 0 Å². The lowest BCUT2D eigenvalue weighted by atomic mass is 9.88. The zero-order valence-corrected chi connectivity index (χ0v) is 14.7. The van der Waals surface area contributed by atoms with E-state index in [2.05, 4.69) is 77.3 Å². The number of rotatable bonds is 2. The van der Waals surface area contributed by atoms with E-state index in [1.165, 1.54) is 37.7 Å². The number of hydrogen-bond acceptors (Lipinski definition) is 2. The molecule has 124 valence electrons. The molecule has 0 unspecified atom stereocenters. The second-order valence-electron chi connectivity index (χ2n) is 6.37. The largest absolute Gasteiger partial charge is 0.375 e. The Kier molecular flexibility index (Phi) is 3.27. The molecule has 4 heteroatoms. The fraction of sp³-hybridized carbons (Fsp3) is 0. The molecular formula is C22H15N3S. The molecule has 0 aliphatic rings. The summed E-state index contributed by atoms with van der Waals surface area (Å²) in [4.78, 5) is 0. The van der Waals surface area contributed by atoms with E-state index in [1.807, 2.05) is 6.21 Å². The van der Waals surface area contributed by atoms with Gasteiger partial charge in [-0.05, 0) is 55.3 Å². The first kappa shape index (κ1) is 15.0. The van der Waals surface area contributed by atoms with Crippen LogP contribution >= 0.6 is 12.2 Å². The minimum absolute atomic E-state index is 0.156. The summed E-state index contributed by atoms with van der Waals surface area (Å²) in [5.41, 5.74) is 9.24. The van der Waals surface area contributed by atoms with Crippen molar-refractivity contribution in [1.29, 1.82) is 0 Å². The summed E-state index contributed by atoms with van der Waals surface area (Å²) in [6, 6.07) is 23.7. The molecular weight excluding hydrogens is 338 g/mol. The highest BCUT2D eigenvalue weighted by atomic mass is 32.1. The summed E-state index contributed by atoms with van der Waals surface area (Å²) in [6.07, 6.45) is 1.81. The second kappa shape index (κ2) is 5.64. The number of fused-ring (bicyclic) bond motifs is 2. The van der Waals surface area contributed by atoms with Crippen LogP contribution in [0.25, 0.3) is 43.1 Å². The van der Waals surface area contributed by atoms with Crippen molar-refractivity contribution in [2.45, 2.75) is 0 Å². The fourth-order valence-electron chi connectivity index (χ4n) is 3.93. The quantitative estimate of drug-likeness (QED) is 0.156. The summed E-state index contributed by atoms with van der Waals surface area (Å²) in [6.45, 7) is 0. The fourth-order valence-corrected chi connectivity index (χ4v) is 3.98. The van der Waals surface area contributed by atoms with Crippen LogP contribution in [0, 0.1) is 0 Å². The Morgan fingerprint density at radius 3 is 2.19 bits per heavy atom. The lowest BCUT2D eigenvalue weighted by Gasteiger charge is -2.15. The number of hydrazone groups is 1. The Morgan fingerprint density at radius 2 is 1.46 bits per heavy atom. The maximum Gasteiger partial charge on any atom is 0.184 e. The molecule has 0 heterocycles. The third kappa shape index (κ3) is 2.13. The van der Waals surface area contributed by atoms with Gasteiger partial charge in [0.15, 0.2) is 5.11 Å². The SMILES string of the molecule is NC(=S)N/N=C/c1c2ccccc2c2ccc3cccc4ccc1c2c43. The number of benzene rings is 5. The minimum Gasteiger partial charge on any atom is -0.375 e. The Hall–Kier alpha value is -3.24. The first-order valence-corrected chi connectivity index (χ1v) is 8.81.